The largest absolute Gasteiger partial charge is 0.303 e. The normalized spacial score (nSPS) is 9.77. The van der Waals surface area contributed by atoms with Crippen LogP contribution in [-0.4, -0.2) is 25.0 Å². The van der Waals surface area contributed by atoms with Crippen LogP contribution in [0.3, 0.4) is 0 Å². The number of rotatable bonds is 3. The first kappa shape index (κ1) is 18.5. The van der Waals surface area contributed by atoms with Gasteiger partial charge in [-0.3, -0.25) is 0 Å². The SMILES string of the molecule is C/C=C(/C)CN(C)CC.CC.CC. The average Bonchev–Trinajstić information content (AvgIpc) is 2.23. The molecule has 0 heterocycles. The van der Waals surface area contributed by atoms with Gasteiger partial charge in [-0.1, -0.05) is 46.3 Å². The monoisotopic (exact) mass is 187 g/mol. The number of likely N-dealkylation sites (N-methyl/N-ethyl adjacent to an activating group) is 1. The van der Waals surface area contributed by atoms with Crippen molar-refractivity contribution in [1.82, 2.24) is 4.90 Å². The van der Waals surface area contributed by atoms with Gasteiger partial charge in [0.25, 0.3) is 0 Å². The minimum atomic E-state index is 1.10. The molecule has 0 rings (SSSR count). The molecule has 0 radical (unpaired) electrons. The molecule has 0 fully saturated rings. The lowest BCUT2D eigenvalue weighted by atomic mass is 10.3. The Hall–Kier alpha value is -0.300. The quantitative estimate of drug-likeness (QED) is 0.605. The molecule has 0 aliphatic heterocycles. The van der Waals surface area contributed by atoms with E-state index < -0.39 is 0 Å². The molecule has 0 aromatic rings. The van der Waals surface area contributed by atoms with Crippen LogP contribution in [0.4, 0.5) is 0 Å². The van der Waals surface area contributed by atoms with Crippen LogP contribution in [0.5, 0.6) is 0 Å². The summed E-state index contributed by atoms with van der Waals surface area (Å²) in [6.45, 7) is 16.6. The lowest BCUT2D eigenvalue weighted by Crippen LogP contribution is -2.19. The van der Waals surface area contributed by atoms with Crippen molar-refractivity contribution in [2.24, 2.45) is 0 Å². The summed E-state index contributed by atoms with van der Waals surface area (Å²) < 4.78 is 0. The van der Waals surface area contributed by atoms with E-state index in [-0.39, 0.29) is 0 Å². The highest BCUT2D eigenvalue weighted by Gasteiger charge is 1.92. The average molecular weight is 187 g/mol. The van der Waals surface area contributed by atoms with Crippen molar-refractivity contribution in [2.75, 3.05) is 20.1 Å². The molecule has 0 saturated carbocycles. The lowest BCUT2D eigenvalue weighted by molar-refractivity contribution is 0.383. The Morgan fingerprint density at radius 3 is 1.77 bits per heavy atom. The highest BCUT2D eigenvalue weighted by atomic mass is 15.1. The highest BCUT2D eigenvalue weighted by molar-refractivity contribution is 4.97. The number of nitrogens with zero attached hydrogens (tertiary/aromatic N) is 1. The van der Waals surface area contributed by atoms with Gasteiger partial charge in [-0.2, -0.15) is 0 Å². The maximum absolute atomic E-state index is 2.29. The predicted octanol–water partition coefficient (Wildman–Crippen LogP) is 3.96. The third-order valence-corrected chi connectivity index (χ3v) is 1.55. The third kappa shape index (κ3) is 18.6. The molecule has 13 heavy (non-hydrogen) atoms. The summed E-state index contributed by atoms with van der Waals surface area (Å²) in [6.07, 6.45) is 2.16. The third-order valence-electron chi connectivity index (χ3n) is 1.55. The van der Waals surface area contributed by atoms with E-state index in [2.05, 4.69) is 38.8 Å². The number of hydrogen-bond acceptors (Lipinski definition) is 1. The Morgan fingerprint density at radius 1 is 1.15 bits per heavy atom. The van der Waals surface area contributed by atoms with E-state index >= 15 is 0 Å². The second-order valence-electron chi connectivity index (χ2n) is 2.47. The second-order valence-corrected chi connectivity index (χ2v) is 2.47. The van der Waals surface area contributed by atoms with E-state index in [1.165, 1.54) is 5.57 Å². The molecule has 0 N–H and O–H groups in total. The van der Waals surface area contributed by atoms with E-state index in [0.717, 1.165) is 13.1 Å². The van der Waals surface area contributed by atoms with E-state index in [4.69, 9.17) is 0 Å². The van der Waals surface area contributed by atoms with E-state index in [1.807, 2.05) is 27.7 Å². The maximum Gasteiger partial charge on any atom is 0.0186 e. The topological polar surface area (TPSA) is 3.24 Å². The molecule has 0 aromatic heterocycles. The molecule has 0 aliphatic rings. The van der Waals surface area contributed by atoms with Gasteiger partial charge in [0.05, 0.1) is 0 Å². The van der Waals surface area contributed by atoms with Crippen LogP contribution in [0.25, 0.3) is 0 Å². The van der Waals surface area contributed by atoms with Crippen molar-refractivity contribution < 1.29 is 0 Å². The predicted molar refractivity (Wildman–Crippen MR) is 65.3 cm³/mol. The van der Waals surface area contributed by atoms with Gasteiger partial charge in [0, 0.05) is 6.54 Å². The molecule has 0 aliphatic carbocycles. The molecule has 0 unspecified atom stereocenters. The zero-order valence-corrected chi connectivity index (χ0v) is 10.9. The molecule has 0 aromatic carbocycles. The molecular weight excluding hydrogens is 158 g/mol. The van der Waals surface area contributed by atoms with Crippen molar-refractivity contribution in [1.29, 1.82) is 0 Å². The number of hydrogen-bond donors (Lipinski definition) is 0. The van der Waals surface area contributed by atoms with Gasteiger partial charge in [0.1, 0.15) is 0 Å². The molecule has 0 bridgehead atoms. The fourth-order valence-corrected chi connectivity index (χ4v) is 0.629. The minimum absolute atomic E-state index is 1.10. The van der Waals surface area contributed by atoms with Crippen LogP contribution in [-0.2, 0) is 0 Å². The molecule has 1 heteroatoms. The summed E-state index contributed by atoms with van der Waals surface area (Å²) in [4.78, 5) is 2.29. The molecule has 0 amide bonds. The zero-order valence-electron chi connectivity index (χ0n) is 10.9. The van der Waals surface area contributed by atoms with Gasteiger partial charge in [0.15, 0.2) is 0 Å². The second kappa shape index (κ2) is 17.7. The molecule has 0 spiro atoms. The highest BCUT2D eigenvalue weighted by Crippen LogP contribution is 1.93. The summed E-state index contributed by atoms with van der Waals surface area (Å²) in [5, 5.41) is 0. The van der Waals surface area contributed by atoms with Crippen LogP contribution >= 0.6 is 0 Å². The molecule has 0 atom stereocenters. The van der Waals surface area contributed by atoms with Gasteiger partial charge in [-0.15, -0.1) is 0 Å². The summed E-state index contributed by atoms with van der Waals surface area (Å²) in [5.74, 6) is 0. The van der Waals surface area contributed by atoms with E-state index in [9.17, 15) is 0 Å². The van der Waals surface area contributed by atoms with Crippen LogP contribution < -0.4 is 0 Å². The zero-order chi connectivity index (χ0) is 11.3. The Bertz CT molecular complexity index is 95.3. The van der Waals surface area contributed by atoms with Crippen molar-refractivity contribution in [3.05, 3.63) is 11.6 Å². The van der Waals surface area contributed by atoms with Crippen molar-refractivity contribution in [2.45, 2.75) is 48.5 Å². The first-order valence-corrected chi connectivity index (χ1v) is 5.51. The van der Waals surface area contributed by atoms with Crippen molar-refractivity contribution >= 4 is 0 Å². The first-order valence-electron chi connectivity index (χ1n) is 5.51. The van der Waals surface area contributed by atoms with E-state index in [1.54, 1.807) is 0 Å². The Morgan fingerprint density at radius 2 is 1.54 bits per heavy atom. The molecule has 1 nitrogen and oxygen atoms in total. The maximum atomic E-state index is 2.29. The van der Waals surface area contributed by atoms with Crippen LogP contribution in [0.2, 0.25) is 0 Å². The fraction of sp³-hybridized carbons (Fsp3) is 0.833. The summed E-state index contributed by atoms with van der Waals surface area (Å²) in [6, 6.07) is 0. The molecule has 0 saturated heterocycles. The molecular formula is C12H29N. The number of allylic oxidation sites excluding steroid dienone is 1. The van der Waals surface area contributed by atoms with Crippen LogP contribution in [0.15, 0.2) is 11.6 Å². The summed E-state index contributed by atoms with van der Waals surface area (Å²) in [5.41, 5.74) is 1.44. The fourth-order valence-electron chi connectivity index (χ4n) is 0.629. The van der Waals surface area contributed by atoms with Gasteiger partial charge in [-0.05, 0) is 27.4 Å². The first-order chi connectivity index (χ1) is 6.20. The Labute approximate surface area is 85.8 Å². The molecule has 82 valence electrons. The lowest BCUT2D eigenvalue weighted by Gasteiger charge is -2.12. The van der Waals surface area contributed by atoms with Gasteiger partial charge >= 0.3 is 0 Å². The smallest absolute Gasteiger partial charge is 0.0186 e. The van der Waals surface area contributed by atoms with Crippen molar-refractivity contribution in [3.63, 3.8) is 0 Å². The Kier molecular flexibility index (Phi) is 25.2. The van der Waals surface area contributed by atoms with Gasteiger partial charge in [-0.25, -0.2) is 0 Å². The minimum Gasteiger partial charge on any atom is -0.303 e. The standard InChI is InChI=1S/C8H17N.2C2H6/c1-5-8(3)7-9(4)6-2;2*1-2/h5H,6-7H2,1-4H3;2*1-2H3/b8-5-;;. The summed E-state index contributed by atoms with van der Waals surface area (Å²) in [7, 11) is 2.13. The van der Waals surface area contributed by atoms with Crippen LogP contribution in [0, 0.1) is 0 Å². The van der Waals surface area contributed by atoms with E-state index in [0.29, 0.717) is 0 Å². The van der Waals surface area contributed by atoms with Crippen molar-refractivity contribution in [3.8, 4) is 0 Å². The summed E-state index contributed by atoms with van der Waals surface area (Å²) >= 11 is 0. The van der Waals surface area contributed by atoms with Gasteiger partial charge in [0.2, 0.25) is 0 Å². The Balaban J connectivity index is -0.000000218. The van der Waals surface area contributed by atoms with Crippen LogP contribution in [0.1, 0.15) is 48.5 Å². The van der Waals surface area contributed by atoms with Gasteiger partial charge < -0.3 is 4.90 Å².